The van der Waals surface area contributed by atoms with E-state index in [1.807, 2.05) is 30.0 Å². The maximum Gasteiger partial charge on any atom is 0.134 e. The van der Waals surface area contributed by atoms with E-state index in [4.69, 9.17) is 4.42 Å². The van der Waals surface area contributed by atoms with E-state index >= 15 is 0 Å². The van der Waals surface area contributed by atoms with Gasteiger partial charge in [-0.1, -0.05) is 39.0 Å². The van der Waals surface area contributed by atoms with Gasteiger partial charge >= 0.3 is 0 Å². The average Bonchev–Trinajstić information content (AvgIpc) is 2.77. The van der Waals surface area contributed by atoms with Crippen LogP contribution in [0.3, 0.4) is 0 Å². The molecule has 0 aliphatic heterocycles. The normalized spacial score (nSPS) is 13.3. The third-order valence-corrected chi connectivity index (χ3v) is 4.03. The standard InChI is InChI=1S/C15H21NOS/c1-4-16-13(10-18-11(2)3)15-9-12-7-5-6-8-14(12)17-15/h5-9,11,13,16H,4,10H2,1-3H3. The Labute approximate surface area is 113 Å². The Kier molecular flexibility index (Phi) is 4.72. The summed E-state index contributed by atoms with van der Waals surface area (Å²) in [7, 11) is 0. The van der Waals surface area contributed by atoms with Crippen molar-refractivity contribution in [1.29, 1.82) is 0 Å². The van der Waals surface area contributed by atoms with Crippen LogP contribution in [-0.2, 0) is 0 Å². The molecule has 0 saturated carbocycles. The maximum absolute atomic E-state index is 5.94. The molecule has 0 radical (unpaired) electrons. The molecule has 2 aromatic rings. The van der Waals surface area contributed by atoms with Crippen molar-refractivity contribution in [3.8, 4) is 0 Å². The smallest absolute Gasteiger partial charge is 0.134 e. The van der Waals surface area contributed by atoms with Gasteiger partial charge in [0.15, 0.2) is 0 Å². The molecule has 18 heavy (non-hydrogen) atoms. The lowest BCUT2D eigenvalue weighted by atomic mass is 10.2. The van der Waals surface area contributed by atoms with E-state index < -0.39 is 0 Å². The van der Waals surface area contributed by atoms with Crippen LogP contribution in [0.1, 0.15) is 32.6 Å². The molecule has 1 aromatic carbocycles. The van der Waals surface area contributed by atoms with Crippen LogP contribution >= 0.6 is 11.8 Å². The zero-order chi connectivity index (χ0) is 13.0. The topological polar surface area (TPSA) is 25.2 Å². The minimum Gasteiger partial charge on any atom is -0.459 e. The van der Waals surface area contributed by atoms with Crippen molar-refractivity contribution in [1.82, 2.24) is 5.32 Å². The second-order valence-electron chi connectivity index (χ2n) is 4.68. The van der Waals surface area contributed by atoms with Gasteiger partial charge in [0.2, 0.25) is 0 Å². The molecule has 0 amide bonds. The molecule has 0 aliphatic carbocycles. The average molecular weight is 263 g/mol. The summed E-state index contributed by atoms with van der Waals surface area (Å²) in [5.41, 5.74) is 0.977. The zero-order valence-corrected chi connectivity index (χ0v) is 12.1. The lowest BCUT2D eigenvalue weighted by molar-refractivity contribution is 0.463. The van der Waals surface area contributed by atoms with Gasteiger partial charge in [-0.05, 0) is 23.9 Å². The Hall–Kier alpha value is -0.930. The van der Waals surface area contributed by atoms with Crippen molar-refractivity contribution in [3.63, 3.8) is 0 Å². The first-order chi connectivity index (χ1) is 8.70. The van der Waals surface area contributed by atoms with E-state index in [-0.39, 0.29) is 0 Å². The highest BCUT2D eigenvalue weighted by molar-refractivity contribution is 7.99. The second kappa shape index (κ2) is 6.30. The number of hydrogen-bond acceptors (Lipinski definition) is 3. The highest BCUT2D eigenvalue weighted by atomic mass is 32.2. The molecule has 1 heterocycles. The summed E-state index contributed by atoms with van der Waals surface area (Å²) in [5, 5.41) is 5.33. The lowest BCUT2D eigenvalue weighted by Gasteiger charge is -2.16. The van der Waals surface area contributed by atoms with E-state index in [0.717, 1.165) is 23.6 Å². The van der Waals surface area contributed by atoms with Crippen molar-refractivity contribution in [3.05, 3.63) is 36.1 Å². The summed E-state index contributed by atoms with van der Waals surface area (Å²) in [6.07, 6.45) is 0. The fourth-order valence-corrected chi connectivity index (χ4v) is 2.81. The number of benzene rings is 1. The molecule has 1 aromatic heterocycles. The van der Waals surface area contributed by atoms with Gasteiger partial charge in [-0.15, -0.1) is 0 Å². The first kappa shape index (κ1) is 13.5. The molecule has 2 rings (SSSR count). The lowest BCUT2D eigenvalue weighted by Crippen LogP contribution is -2.23. The van der Waals surface area contributed by atoms with Crippen LogP contribution in [0, 0.1) is 0 Å². The summed E-state index contributed by atoms with van der Waals surface area (Å²) in [5.74, 6) is 2.09. The molecule has 98 valence electrons. The van der Waals surface area contributed by atoms with Crippen LogP contribution in [0.5, 0.6) is 0 Å². The molecule has 1 unspecified atom stereocenters. The molecule has 0 saturated heterocycles. The molecule has 0 bridgehead atoms. The molecular weight excluding hydrogens is 242 g/mol. The highest BCUT2D eigenvalue weighted by Crippen LogP contribution is 2.27. The van der Waals surface area contributed by atoms with Gasteiger partial charge in [0.05, 0.1) is 6.04 Å². The van der Waals surface area contributed by atoms with Gasteiger partial charge in [0.1, 0.15) is 11.3 Å². The van der Waals surface area contributed by atoms with Gasteiger partial charge in [-0.2, -0.15) is 11.8 Å². The first-order valence-corrected chi connectivity index (χ1v) is 7.59. The molecule has 0 fully saturated rings. The second-order valence-corrected chi connectivity index (χ2v) is 6.29. The highest BCUT2D eigenvalue weighted by Gasteiger charge is 2.15. The number of nitrogens with one attached hydrogen (secondary N) is 1. The van der Waals surface area contributed by atoms with Crippen LogP contribution in [0.4, 0.5) is 0 Å². The van der Waals surface area contributed by atoms with Gasteiger partial charge in [0, 0.05) is 11.1 Å². The van der Waals surface area contributed by atoms with E-state index in [1.165, 1.54) is 5.39 Å². The van der Waals surface area contributed by atoms with E-state index in [9.17, 15) is 0 Å². The van der Waals surface area contributed by atoms with Gasteiger partial charge in [0.25, 0.3) is 0 Å². The summed E-state index contributed by atoms with van der Waals surface area (Å²) in [4.78, 5) is 0. The Bertz CT molecular complexity index is 459. The SMILES string of the molecule is CCNC(CSC(C)C)c1cc2ccccc2o1. The largest absolute Gasteiger partial charge is 0.459 e. The van der Waals surface area contributed by atoms with Gasteiger partial charge in [-0.25, -0.2) is 0 Å². The van der Waals surface area contributed by atoms with Crippen molar-refractivity contribution in [2.45, 2.75) is 32.1 Å². The Morgan fingerprint density at radius 1 is 1.28 bits per heavy atom. The number of hydrogen-bond donors (Lipinski definition) is 1. The van der Waals surface area contributed by atoms with Crippen LogP contribution in [0.15, 0.2) is 34.7 Å². The number of fused-ring (bicyclic) bond motifs is 1. The molecule has 2 nitrogen and oxygen atoms in total. The van der Waals surface area contributed by atoms with Crippen LogP contribution in [-0.4, -0.2) is 17.5 Å². The van der Waals surface area contributed by atoms with Crippen molar-refractivity contribution in [2.75, 3.05) is 12.3 Å². The molecule has 0 aliphatic rings. The summed E-state index contributed by atoms with van der Waals surface area (Å²) < 4.78 is 5.94. The molecule has 1 atom stereocenters. The van der Waals surface area contributed by atoms with Gasteiger partial charge < -0.3 is 9.73 Å². The third-order valence-electron chi connectivity index (χ3n) is 2.83. The fourth-order valence-electron chi connectivity index (χ4n) is 1.95. The van der Waals surface area contributed by atoms with Crippen LogP contribution in [0.25, 0.3) is 11.0 Å². The molecular formula is C15H21NOS. The number of thioether (sulfide) groups is 1. The Morgan fingerprint density at radius 2 is 2.06 bits per heavy atom. The summed E-state index contributed by atoms with van der Waals surface area (Å²) in [6.45, 7) is 7.55. The summed E-state index contributed by atoms with van der Waals surface area (Å²) >= 11 is 1.96. The van der Waals surface area contributed by atoms with Crippen LogP contribution < -0.4 is 5.32 Å². The summed E-state index contributed by atoms with van der Waals surface area (Å²) in [6, 6.07) is 10.6. The van der Waals surface area contributed by atoms with E-state index in [0.29, 0.717) is 11.3 Å². The van der Waals surface area contributed by atoms with Crippen molar-refractivity contribution in [2.24, 2.45) is 0 Å². The first-order valence-electron chi connectivity index (χ1n) is 6.54. The van der Waals surface area contributed by atoms with Crippen molar-refractivity contribution < 1.29 is 4.42 Å². The van der Waals surface area contributed by atoms with E-state index in [2.05, 4.69) is 38.2 Å². The van der Waals surface area contributed by atoms with Crippen LogP contribution in [0.2, 0.25) is 0 Å². The van der Waals surface area contributed by atoms with Crippen molar-refractivity contribution >= 4 is 22.7 Å². The molecule has 0 spiro atoms. The Morgan fingerprint density at radius 3 is 2.72 bits per heavy atom. The van der Waals surface area contributed by atoms with Gasteiger partial charge in [-0.3, -0.25) is 0 Å². The maximum atomic E-state index is 5.94. The monoisotopic (exact) mass is 263 g/mol. The molecule has 3 heteroatoms. The Balaban J connectivity index is 2.18. The minimum atomic E-state index is 0.301. The minimum absolute atomic E-state index is 0.301. The van der Waals surface area contributed by atoms with E-state index in [1.54, 1.807) is 0 Å². The third kappa shape index (κ3) is 3.30. The number of para-hydroxylation sites is 1. The number of rotatable bonds is 6. The fraction of sp³-hybridized carbons (Fsp3) is 0.467. The number of furan rings is 1. The molecule has 1 N–H and O–H groups in total. The zero-order valence-electron chi connectivity index (χ0n) is 11.3. The quantitative estimate of drug-likeness (QED) is 0.844. The predicted molar refractivity (Wildman–Crippen MR) is 80.2 cm³/mol. The predicted octanol–water partition coefficient (Wildman–Crippen LogP) is 4.23.